The number of rotatable bonds is 7. The Balaban J connectivity index is 1.59. The van der Waals surface area contributed by atoms with E-state index in [1.165, 1.54) is 19.0 Å². The minimum atomic E-state index is 0.382. The Morgan fingerprint density at radius 3 is 2.50 bits per heavy atom. The van der Waals surface area contributed by atoms with Crippen LogP contribution in [0.2, 0.25) is 0 Å². The molecule has 2 aromatic heterocycles. The van der Waals surface area contributed by atoms with Crippen LogP contribution in [-0.2, 0) is 0 Å². The fourth-order valence-corrected chi connectivity index (χ4v) is 3.54. The molecule has 4 rings (SSSR count). The minimum Gasteiger partial charge on any atom is -0.497 e. The summed E-state index contributed by atoms with van der Waals surface area (Å²) < 4.78 is 5.29. The molecular formula is C22H27N7O. The molecule has 3 aromatic rings. The van der Waals surface area contributed by atoms with E-state index in [4.69, 9.17) is 10.5 Å². The summed E-state index contributed by atoms with van der Waals surface area (Å²) in [5.41, 5.74) is 8.77. The van der Waals surface area contributed by atoms with Crippen molar-refractivity contribution in [3.63, 3.8) is 0 Å². The number of ether oxygens (including phenoxy) is 1. The highest BCUT2D eigenvalue weighted by atomic mass is 16.5. The normalized spacial score (nSPS) is 14.3. The average molecular weight is 406 g/mol. The van der Waals surface area contributed by atoms with E-state index in [1.54, 1.807) is 13.3 Å². The van der Waals surface area contributed by atoms with Crippen LogP contribution in [0.5, 0.6) is 5.75 Å². The van der Waals surface area contributed by atoms with Crippen molar-refractivity contribution in [2.24, 2.45) is 5.92 Å². The summed E-state index contributed by atoms with van der Waals surface area (Å²) in [4.78, 5) is 12.9. The summed E-state index contributed by atoms with van der Waals surface area (Å²) >= 11 is 0. The average Bonchev–Trinajstić information content (AvgIpc) is 2.80. The van der Waals surface area contributed by atoms with Crippen molar-refractivity contribution >= 4 is 23.1 Å². The fourth-order valence-electron chi connectivity index (χ4n) is 3.54. The lowest BCUT2D eigenvalue weighted by atomic mass is 9.97. The molecule has 1 aliphatic rings. The number of nitrogens with two attached hydrogens (primary N) is 1. The van der Waals surface area contributed by atoms with Gasteiger partial charge in [0.05, 0.1) is 19.5 Å². The number of pyridine rings is 1. The van der Waals surface area contributed by atoms with E-state index in [0.29, 0.717) is 23.4 Å². The summed E-state index contributed by atoms with van der Waals surface area (Å²) in [5, 5.41) is 10.3. The predicted molar refractivity (Wildman–Crippen MR) is 120 cm³/mol. The first-order valence-corrected chi connectivity index (χ1v) is 10.1. The molecule has 0 unspecified atom stereocenters. The first-order valence-electron chi connectivity index (χ1n) is 10.1. The van der Waals surface area contributed by atoms with Crippen LogP contribution >= 0.6 is 0 Å². The molecule has 0 bridgehead atoms. The Bertz CT molecular complexity index is 954. The van der Waals surface area contributed by atoms with Crippen molar-refractivity contribution in [3.8, 4) is 16.9 Å². The molecule has 5 N–H and O–H groups in total. The van der Waals surface area contributed by atoms with Gasteiger partial charge in [0.2, 0.25) is 0 Å². The molecule has 1 aliphatic heterocycles. The Morgan fingerprint density at radius 2 is 1.80 bits per heavy atom. The van der Waals surface area contributed by atoms with Crippen LogP contribution in [0, 0.1) is 5.92 Å². The Morgan fingerprint density at radius 1 is 1.03 bits per heavy atom. The summed E-state index contributed by atoms with van der Waals surface area (Å²) in [7, 11) is 1.67. The van der Waals surface area contributed by atoms with Crippen LogP contribution in [-0.4, -0.2) is 41.7 Å². The van der Waals surface area contributed by atoms with Crippen LogP contribution < -0.4 is 26.4 Å². The van der Waals surface area contributed by atoms with Gasteiger partial charge in [0.25, 0.3) is 0 Å². The quantitative estimate of drug-likeness (QED) is 0.474. The van der Waals surface area contributed by atoms with Crippen LogP contribution in [0.15, 0.2) is 48.9 Å². The monoisotopic (exact) mass is 405 g/mol. The van der Waals surface area contributed by atoms with Gasteiger partial charge >= 0.3 is 0 Å². The number of hydrogen-bond donors (Lipinski definition) is 4. The van der Waals surface area contributed by atoms with Crippen molar-refractivity contribution in [1.29, 1.82) is 0 Å². The Labute approximate surface area is 176 Å². The molecule has 156 valence electrons. The lowest BCUT2D eigenvalue weighted by Crippen LogP contribution is -2.31. The molecule has 0 aliphatic carbocycles. The van der Waals surface area contributed by atoms with Gasteiger partial charge in [-0.25, -0.2) is 15.0 Å². The number of piperidine rings is 1. The van der Waals surface area contributed by atoms with E-state index in [-0.39, 0.29) is 0 Å². The topological polar surface area (TPSA) is 110 Å². The second-order valence-corrected chi connectivity index (χ2v) is 7.37. The van der Waals surface area contributed by atoms with Gasteiger partial charge < -0.3 is 26.4 Å². The molecular weight excluding hydrogens is 378 g/mol. The number of hydrogen-bond acceptors (Lipinski definition) is 8. The summed E-state index contributed by atoms with van der Waals surface area (Å²) in [5.74, 6) is 3.16. The van der Waals surface area contributed by atoms with Gasteiger partial charge in [0, 0.05) is 30.1 Å². The highest BCUT2D eigenvalue weighted by Gasteiger charge is 2.15. The first-order chi connectivity index (χ1) is 14.7. The zero-order valence-corrected chi connectivity index (χ0v) is 17.1. The van der Waals surface area contributed by atoms with E-state index >= 15 is 0 Å². The standard InChI is InChI=1S/C22H27N7O/c1-30-17-4-2-16(3-5-17)18-12-27-21(29-22-14-26-20(23)13-28-22)10-19(18)25-11-15-6-8-24-9-7-15/h2-5,10,12-15,24H,6-9,11H2,1H3,(H2,23,26)(H2,25,27,28,29). The van der Waals surface area contributed by atoms with Crippen molar-refractivity contribution < 1.29 is 4.74 Å². The highest BCUT2D eigenvalue weighted by molar-refractivity contribution is 5.79. The molecule has 0 atom stereocenters. The molecule has 1 aromatic carbocycles. The SMILES string of the molecule is COc1ccc(-c2cnc(Nc3cnc(N)cn3)cc2NCC2CCNCC2)cc1. The van der Waals surface area contributed by atoms with Gasteiger partial charge in [-0.3, -0.25) is 0 Å². The summed E-state index contributed by atoms with van der Waals surface area (Å²) in [6.45, 7) is 3.09. The number of methoxy groups -OCH3 is 1. The maximum absolute atomic E-state index is 5.62. The second kappa shape index (κ2) is 9.41. The smallest absolute Gasteiger partial charge is 0.150 e. The Kier molecular flexibility index (Phi) is 6.24. The van der Waals surface area contributed by atoms with E-state index in [0.717, 1.165) is 42.2 Å². The number of anilines is 4. The first kappa shape index (κ1) is 19.9. The van der Waals surface area contributed by atoms with Gasteiger partial charge in [-0.05, 0) is 49.5 Å². The molecule has 30 heavy (non-hydrogen) atoms. The minimum absolute atomic E-state index is 0.382. The highest BCUT2D eigenvalue weighted by Crippen LogP contribution is 2.31. The zero-order chi connectivity index (χ0) is 20.8. The van der Waals surface area contributed by atoms with Crippen LogP contribution in [0.3, 0.4) is 0 Å². The lowest BCUT2D eigenvalue weighted by Gasteiger charge is -2.24. The van der Waals surface area contributed by atoms with E-state index < -0.39 is 0 Å². The number of nitrogens with one attached hydrogen (secondary N) is 3. The zero-order valence-electron chi connectivity index (χ0n) is 17.1. The fraction of sp³-hybridized carbons (Fsp3) is 0.318. The number of nitrogens with zero attached hydrogens (tertiary/aromatic N) is 3. The molecule has 1 saturated heterocycles. The number of aromatic nitrogens is 3. The molecule has 0 radical (unpaired) electrons. The van der Waals surface area contributed by atoms with Gasteiger partial charge in [-0.1, -0.05) is 12.1 Å². The van der Waals surface area contributed by atoms with Gasteiger partial charge in [0.1, 0.15) is 23.2 Å². The van der Waals surface area contributed by atoms with Crippen LogP contribution in [0.1, 0.15) is 12.8 Å². The van der Waals surface area contributed by atoms with Gasteiger partial charge in [-0.2, -0.15) is 0 Å². The predicted octanol–water partition coefficient (Wildman–Crippen LogP) is 3.28. The third-order valence-corrected chi connectivity index (χ3v) is 5.27. The summed E-state index contributed by atoms with van der Waals surface area (Å²) in [6.07, 6.45) is 7.35. The maximum atomic E-state index is 5.62. The molecule has 1 fully saturated rings. The second-order valence-electron chi connectivity index (χ2n) is 7.37. The molecule has 8 heteroatoms. The van der Waals surface area contributed by atoms with Crippen LogP contribution in [0.4, 0.5) is 23.1 Å². The largest absolute Gasteiger partial charge is 0.497 e. The van der Waals surface area contributed by atoms with Crippen molar-refractivity contribution in [1.82, 2.24) is 20.3 Å². The van der Waals surface area contributed by atoms with Crippen molar-refractivity contribution in [3.05, 3.63) is 48.9 Å². The maximum Gasteiger partial charge on any atom is 0.150 e. The third-order valence-electron chi connectivity index (χ3n) is 5.27. The molecule has 0 spiro atoms. The molecule has 3 heterocycles. The Hall–Kier alpha value is -3.39. The summed E-state index contributed by atoms with van der Waals surface area (Å²) in [6, 6.07) is 10.0. The molecule has 8 nitrogen and oxygen atoms in total. The van der Waals surface area contributed by atoms with Crippen molar-refractivity contribution in [2.75, 3.05) is 43.1 Å². The number of nitrogen functional groups attached to an aromatic ring is 1. The van der Waals surface area contributed by atoms with E-state index in [2.05, 4.69) is 30.9 Å². The van der Waals surface area contributed by atoms with E-state index in [1.807, 2.05) is 36.5 Å². The molecule has 0 saturated carbocycles. The number of benzene rings is 1. The van der Waals surface area contributed by atoms with Gasteiger partial charge in [0.15, 0.2) is 0 Å². The van der Waals surface area contributed by atoms with Crippen LogP contribution in [0.25, 0.3) is 11.1 Å². The third kappa shape index (κ3) is 4.96. The van der Waals surface area contributed by atoms with E-state index in [9.17, 15) is 0 Å². The van der Waals surface area contributed by atoms with Gasteiger partial charge in [-0.15, -0.1) is 0 Å². The lowest BCUT2D eigenvalue weighted by molar-refractivity contribution is 0.390. The molecule has 0 amide bonds. The van der Waals surface area contributed by atoms with Crippen molar-refractivity contribution in [2.45, 2.75) is 12.8 Å².